The monoisotopic (exact) mass is 706 g/mol. The van der Waals surface area contributed by atoms with Gasteiger partial charge < -0.3 is 29.2 Å². The standard InChI is InChI=1S/C39H43FN8O4/c1-39(2,3)52-33-11-13-41-24-30(33)28-22-27(26-8-7-15-47(25-26)35(49)12-16-48-17-14-42-44-48)36(40)37-29(28)23-31(43-37)38(50)46-20-18-45(19-21-46)32-9-5-6-10-34(32)51-4/h5-6,8-11,13-14,17,22-24,43H,7,12,15-16,18-21,25H2,1-4H3. The number of benzene rings is 2. The Kier molecular flexibility index (Phi) is 9.67. The summed E-state index contributed by atoms with van der Waals surface area (Å²) in [6, 6.07) is 13.2. The molecule has 0 bridgehead atoms. The van der Waals surface area contributed by atoms with Gasteiger partial charge in [0.25, 0.3) is 5.91 Å². The van der Waals surface area contributed by atoms with E-state index in [0.29, 0.717) is 84.8 Å². The van der Waals surface area contributed by atoms with Crippen LogP contribution in [0, 0.1) is 5.82 Å². The number of pyridine rings is 1. The fourth-order valence-corrected chi connectivity index (χ4v) is 6.92. The van der Waals surface area contributed by atoms with Gasteiger partial charge in [-0.1, -0.05) is 23.4 Å². The highest BCUT2D eigenvalue weighted by atomic mass is 19.1. The lowest BCUT2D eigenvalue weighted by atomic mass is 9.93. The van der Waals surface area contributed by atoms with Crippen LogP contribution in [0.3, 0.4) is 0 Å². The fraction of sp³-hybridized carbons (Fsp3) is 0.359. The van der Waals surface area contributed by atoms with E-state index in [0.717, 1.165) is 11.4 Å². The van der Waals surface area contributed by atoms with Crippen molar-refractivity contribution in [1.82, 2.24) is 34.8 Å². The number of rotatable bonds is 9. The lowest BCUT2D eigenvalue weighted by Gasteiger charge is -2.36. The number of fused-ring (bicyclic) bond motifs is 1. The summed E-state index contributed by atoms with van der Waals surface area (Å²) in [6.07, 6.45) is 9.48. The molecule has 0 saturated carbocycles. The molecule has 2 aromatic carbocycles. The molecule has 1 saturated heterocycles. The molecule has 1 fully saturated rings. The number of methoxy groups -OCH3 is 1. The highest BCUT2D eigenvalue weighted by molar-refractivity contribution is 6.05. The zero-order valence-corrected chi connectivity index (χ0v) is 29.9. The van der Waals surface area contributed by atoms with E-state index in [1.165, 1.54) is 0 Å². The molecule has 270 valence electrons. The Morgan fingerprint density at radius 2 is 1.75 bits per heavy atom. The molecule has 3 aromatic heterocycles. The summed E-state index contributed by atoms with van der Waals surface area (Å²) in [6.45, 7) is 9.32. The first-order valence-electron chi connectivity index (χ1n) is 17.6. The average Bonchev–Trinajstić information content (AvgIpc) is 3.85. The maximum Gasteiger partial charge on any atom is 0.270 e. The summed E-state index contributed by atoms with van der Waals surface area (Å²) >= 11 is 0. The molecule has 52 heavy (non-hydrogen) atoms. The first kappa shape index (κ1) is 34.7. The quantitative estimate of drug-likeness (QED) is 0.204. The number of hydrogen-bond donors (Lipinski definition) is 1. The van der Waals surface area contributed by atoms with Crippen molar-refractivity contribution in [3.05, 3.63) is 90.4 Å². The van der Waals surface area contributed by atoms with Crippen molar-refractivity contribution in [3.8, 4) is 22.6 Å². The molecule has 0 aliphatic carbocycles. The Bertz CT molecular complexity index is 2110. The minimum absolute atomic E-state index is 0.0468. The first-order chi connectivity index (χ1) is 25.1. The third kappa shape index (κ3) is 7.21. The predicted octanol–water partition coefficient (Wildman–Crippen LogP) is 5.81. The number of halogens is 1. The summed E-state index contributed by atoms with van der Waals surface area (Å²) in [5, 5.41) is 8.30. The molecule has 13 heteroatoms. The van der Waals surface area contributed by atoms with Crippen LogP contribution in [0.2, 0.25) is 0 Å². The average molecular weight is 707 g/mol. The molecular formula is C39H43FN8O4. The van der Waals surface area contributed by atoms with Gasteiger partial charge in [-0.15, -0.1) is 5.10 Å². The molecule has 2 amide bonds. The number of para-hydroxylation sites is 2. The first-order valence-corrected chi connectivity index (χ1v) is 17.6. The van der Waals surface area contributed by atoms with Crippen LogP contribution in [-0.2, 0) is 11.3 Å². The van der Waals surface area contributed by atoms with E-state index < -0.39 is 11.4 Å². The van der Waals surface area contributed by atoms with Crippen LogP contribution in [0.25, 0.3) is 27.6 Å². The Balaban J connectivity index is 1.22. The predicted molar refractivity (Wildman–Crippen MR) is 197 cm³/mol. The summed E-state index contributed by atoms with van der Waals surface area (Å²) in [4.78, 5) is 40.6. The van der Waals surface area contributed by atoms with Gasteiger partial charge >= 0.3 is 0 Å². The number of H-pyrrole nitrogens is 1. The Morgan fingerprint density at radius 1 is 0.942 bits per heavy atom. The number of piperazine rings is 1. The number of carbonyl (C=O) groups excluding carboxylic acids is 2. The number of ether oxygens (including phenoxy) is 2. The topological polar surface area (TPSA) is 122 Å². The number of hydrogen-bond acceptors (Lipinski definition) is 8. The fourth-order valence-electron chi connectivity index (χ4n) is 6.92. The van der Waals surface area contributed by atoms with Crippen LogP contribution in [0.5, 0.6) is 11.5 Å². The number of aromatic amines is 1. The molecule has 5 heterocycles. The molecule has 0 atom stereocenters. The SMILES string of the molecule is COc1ccccc1N1CCN(C(=O)c2cc3c(-c4cnccc4OC(C)(C)C)cc(C4=CCCN(C(=O)CCn5ccnn5)C4)c(F)c3[nH]2)CC1. The van der Waals surface area contributed by atoms with E-state index in [-0.39, 0.29) is 30.3 Å². The maximum absolute atomic E-state index is 16.8. The van der Waals surface area contributed by atoms with Gasteiger partial charge in [-0.3, -0.25) is 19.3 Å². The van der Waals surface area contributed by atoms with Crippen LogP contribution in [-0.4, -0.2) is 98.6 Å². The van der Waals surface area contributed by atoms with E-state index in [2.05, 4.69) is 25.2 Å². The summed E-state index contributed by atoms with van der Waals surface area (Å²) in [7, 11) is 1.65. The number of carbonyl (C=O) groups is 2. The molecule has 7 rings (SSSR count). The van der Waals surface area contributed by atoms with E-state index in [1.807, 2.05) is 51.1 Å². The van der Waals surface area contributed by atoms with E-state index >= 15 is 4.39 Å². The number of aryl methyl sites for hydroxylation is 1. The largest absolute Gasteiger partial charge is 0.495 e. The second-order valence-electron chi connectivity index (χ2n) is 14.0. The van der Waals surface area contributed by atoms with Crippen molar-refractivity contribution in [1.29, 1.82) is 0 Å². The van der Waals surface area contributed by atoms with E-state index in [9.17, 15) is 9.59 Å². The zero-order valence-electron chi connectivity index (χ0n) is 29.9. The minimum atomic E-state index is -0.512. The molecule has 0 spiro atoms. The van der Waals surface area contributed by atoms with Crippen LogP contribution in [0.1, 0.15) is 49.7 Å². The minimum Gasteiger partial charge on any atom is -0.495 e. The van der Waals surface area contributed by atoms with Gasteiger partial charge in [0.2, 0.25) is 5.91 Å². The number of aromatic nitrogens is 5. The number of nitrogens with zero attached hydrogens (tertiary/aromatic N) is 7. The van der Waals surface area contributed by atoms with Gasteiger partial charge in [-0.2, -0.15) is 0 Å². The Hall–Kier alpha value is -5.72. The lowest BCUT2D eigenvalue weighted by molar-refractivity contribution is -0.131. The highest BCUT2D eigenvalue weighted by Crippen LogP contribution is 2.41. The summed E-state index contributed by atoms with van der Waals surface area (Å²) < 4.78 is 30.4. The summed E-state index contributed by atoms with van der Waals surface area (Å²) in [5.74, 6) is 0.638. The maximum atomic E-state index is 16.8. The second-order valence-corrected chi connectivity index (χ2v) is 14.0. The van der Waals surface area contributed by atoms with Gasteiger partial charge in [-0.05, 0) is 68.7 Å². The van der Waals surface area contributed by atoms with Gasteiger partial charge in [0, 0.05) is 80.8 Å². The number of anilines is 1. The Labute approximate surface area is 301 Å². The van der Waals surface area contributed by atoms with Crippen LogP contribution >= 0.6 is 0 Å². The smallest absolute Gasteiger partial charge is 0.270 e. The van der Waals surface area contributed by atoms with E-state index in [4.69, 9.17) is 9.47 Å². The van der Waals surface area contributed by atoms with Crippen molar-refractivity contribution >= 4 is 34.0 Å². The van der Waals surface area contributed by atoms with Crippen molar-refractivity contribution in [3.63, 3.8) is 0 Å². The van der Waals surface area contributed by atoms with Gasteiger partial charge in [0.05, 0.1) is 31.1 Å². The molecule has 1 N–H and O–H groups in total. The number of amides is 2. The van der Waals surface area contributed by atoms with Crippen LogP contribution in [0.4, 0.5) is 10.1 Å². The van der Waals surface area contributed by atoms with Gasteiger partial charge in [0.1, 0.15) is 22.8 Å². The molecule has 2 aliphatic rings. The second kappa shape index (κ2) is 14.5. The third-order valence-electron chi connectivity index (χ3n) is 9.44. The highest BCUT2D eigenvalue weighted by Gasteiger charge is 2.29. The number of nitrogens with one attached hydrogen (secondary N) is 1. The normalized spacial score (nSPS) is 15.2. The lowest BCUT2D eigenvalue weighted by Crippen LogP contribution is -2.49. The Morgan fingerprint density at radius 3 is 2.50 bits per heavy atom. The van der Waals surface area contributed by atoms with Crippen LogP contribution in [0.15, 0.2) is 73.3 Å². The van der Waals surface area contributed by atoms with Crippen molar-refractivity contribution < 1.29 is 23.5 Å². The molecule has 5 aromatic rings. The van der Waals surface area contributed by atoms with Crippen molar-refractivity contribution in [2.24, 2.45) is 0 Å². The van der Waals surface area contributed by atoms with E-state index in [1.54, 1.807) is 64.6 Å². The summed E-state index contributed by atoms with van der Waals surface area (Å²) in [5.41, 5.74) is 3.37. The molecular weight excluding hydrogens is 663 g/mol. The molecule has 12 nitrogen and oxygen atoms in total. The third-order valence-corrected chi connectivity index (χ3v) is 9.44. The zero-order chi connectivity index (χ0) is 36.4. The van der Waals surface area contributed by atoms with Crippen molar-refractivity contribution in [2.75, 3.05) is 51.3 Å². The van der Waals surface area contributed by atoms with Crippen LogP contribution < -0.4 is 14.4 Å². The molecule has 0 unspecified atom stereocenters. The molecule has 0 radical (unpaired) electrons. The van der Waals surface area contributed by atoms with Gasteiger partial charge in [-0.25, -0.2) is 4.39 Å². The molecule has 2 aliphatic heterocycles. The van der Waals surface area contributed by atoms with Gasteiger partial charge in [0.15, 0.2) is 5.82 Å². The van der Waals surface area contributed by atoms with Crippen molar-refractivity contribution in [2.45, 2.75) is 45.8 Å².